The number of rotatable bonds is 8. The number of sulfonamides is 1. The molecular formula is C23H37N3O3S. The van der Waals surface area contributed by atoms with Gasteiger partial charge in [-0.25, -0.2) is 17.9 Å². The van der Waals surface area contributed by atoms with Crippen LogP contribution in [0.15, 0.2) is 6.07 Å². The minimum absolute atomic E-state index is 0.346. The minimum atomic E-state index is -3.74. The summed E-state index contributed by atoms with van der Waals surface area (Å²) in [5.41, 5.74) is 5.87. The second-order valence-corrected chi connectivity index (χ2v) is 11.5. The van der Waals surface area contributed by atoms with Gasteiger partial charge in [-0.05, 0) is 108 Å². The average molecular weight is 436 g/mol. The number of hydrogen-bond donors (Lipinski definition) is 2. The summed E-state index contributed by atoms with van der Waals surface area (Å²) in [6.45, 7) is 10.8. The van der Waals surface area contributed by atoms with E-state index in [0.29, 0.717) is 25.0 Å². The van der Waals surface area contributed by atoms with Crippen molar-refractivity contribution in [2.24, 2.45) is 0 Å². The van der Waals surface area contributed by atoms with Gasteiger partial charge < -0.3 is 5.32 Å². The fraction of sp³-hybridized carbons (Fsp3) is 0.696. The van der Waals surface area contributed by atoms with E-state index in [9.17, 15) is 13.2 Å². The Kier molecular flexibility index (Phi) is 7.13. The van der Waals surface area contributed by atoms with E-state index < -0.39 is 21.3 Å². The second-order valence-electron chi connectivity index (χ2n) is 9.36. The highest BCUT2D eigenvalue weighted by Crippen LogP contribution is 2.38. The van der Waals surface area contributed by atoms with Gasteiger partial charge in [0.05, 0.1) is 5.25 Å². The van der Waals surface area contributed by atoms with Crippen LogP contribution in [-0.2, 0) is 35.7 Å². The van der Waals surface area contributed by atoms with Crippen LogP contribution in [0.4, 0.5) is 10.5 Å². The Morgan fingerprint density at radius 3 is 2.00 bits per heavy atom. The first-order chi connectivity index (χ1) is 14.1. The van der Waals surface area contributed by atoms with E-state index in [1.54, 1.807) is 6.92 Å². The minimum Gasteiger partial charge on any atom is -0.307 e. The van der Waals surface area contributed by atoms with Crippen molar-refractivity contribution in [2.75, 3.05) is 11.9 Å². The largest absolute Gasteiger partial charge is 0.332 e. The molecule has 3 rings (SSSR count). The molecule has 0 aliphatic heterocycles. The van der Waals surface area contributed by atoms with E-state index in [4.69, 9.17) is 0 Å². The molecule has 6 nitrogen and oxygen atoms in total. The molecule has 0 aromatic heterocycles. The summed E-state index contributed by atoms with van der Waals surface area (Å²) in [5, 5.41) is 2.27. The van der Waals surface area contributed by atoms with E-state index >= 15 is 0 Å². The first-order valence-electron chi connectivity index (χ1n) is 11.3. The van der Waals surface area contributed by atoms with Gasteiger partial charge in [-0.3, -0.25) is 4.90 Å². The standard InChI is InChI=1S/C23H37N3O3S/c1-15(2)26(16(3)4)13-12-17(5)30(28,29)25-23(27)24-22-20-10-6-8-18(20)14-19-9-7-11-21(19)22/h14-17H,6-13H2,1-5H3,(H2,24,25,27). The number of nitrogens with zero attached hydrogens (tertiary/aromatic N) is 1. The molecule has 7 heteroatoms. The van der Waals surface area contributed by atoms with Gasteiger partial charge in [0.1, 0.15) is 0 Å². The molecule has 0 fully saturated rings. The van der Waals surface area contributed by atoms with Crippen molar-refractivity contribution in [3.63, 3.8) is 0 Å². The van der Waals surface area contributed by atoms with Gasteiger partial charge in [0.2, 0.25) is 10.0 Å². The number of anilines is 1. The van der Waals surface area contributed by atoms with Gasteiger partial charge in [-0.1, -0.05) is 6.07 Å². The Bertz CT molecular complexity index is 853. The third-order valence-electron chi connectivity index (χ3n) is 6.60. The highest BCUT2D eigenvalue weighted by molar-refractivity contribution is 7.90. The van der Waals surface area contributed by atoms with Crippen LogP contribution >= 0.6 is 0 Å². The predicted octanol–water partition coefficient (Wildman–Crippen LogP) is 4.01. The molecule has 0 radical (unpaired) electrons. The van der Waals surface area contributed by atoms with E-state index in [0.717, 1.165) is 44.2 Å². The van der Waals surface area contributed by atoms with Crippen molar-refractivity contribution >= 4 is 21.7 Å². The predicted molar refractivity (Wildman–Crippen MR) is 123 cm³/mol. The zero-order chi connectivity index (χ0) is 22.1. The van der Waals surface area contributed by atoms with Crippen LogP contribution in [0.2, 0.25) is 0 Å². The van der Waals surface area contributed by atoms with Crippen LogP contribution in [0.1, 0.15) is 76.1 Å². The molecule has 168 valence electrons. The maximum absolute atomic E-state index is 12.8. The molecular weight excluding hydrogens is 398 g/mol. The fourth-order valence-electron chi connectivity index (χ4n) is 4.93. The van der Waals surface area contributed by atoms with E-state index in [1.165, 1.54) is 22.3 Å². The number of urea groups is 1. The van der Waals surface area contributed by atoms with E-state index in [2.05, 4.69) is 48.7 Å². The van der Waals surface area contributed by atoms with Crippen molar-refractivity contribution in [3.8, 4) is 0 Å². The first kappa shape index (κ1) is 23.1. The quantitative estimate of drug-likeness (QED) is 0.647. The monoisotopic (exact) mass is 435 g/mol. The van der Waals surface area contributed by atoms with Crippen molar-refractivity contribution < 1.29 is 13.2 Å². The lowest BCUT2D eigenvalue weighted by atomic mass is 9.99. The van der Waals surface area contributed by atoms with Crippen LogP contribution in [0, 0.1) is 0 Å². The summed E-state index contributed by atoms with van der Waals surface area (Å²) in [6.07, 6.45) is 6.63. The maximum atomic E-state index is 12.8. The normalized spacial score (nSPS) is 16.8. The second kappa shape index (κ2) is 9.27. The molecule has 0 spiro atoms. The number of benzene rings is 1. The first-order valence-corrected chi connectivity index (χ1v) is 12.9. The molecule has 1 aromatic carbocycles. The molecule has 0 bridgehead atoms. The number of nitrogens with one attached hydrogen (secondary N) is 2. The SMILES string of the molecule is CC(C)N(CCC(C)S(=O)(=O)NC(=O)Nc1c2c(cc3c1CCC3)CCC2)C(C)C. The maximum Gasteiger partial charge on any atom is 0.332 e. The molecule has 2 amide bonds. The number of carbonyl (C=O) groups excluding carboxylic acids is 1. The average Bonchev–Trinajstić information content (AvgIpc) is 3.29. The van der Waals surface area contributed by atoms with E-state index in [1.807, 2.05) is 0 Å². The molecule has 1 aromatic rings. The number of carbonyl (C=O) groups is 1. The third-order valence-corrected chi connectivity index (χ3v) is 8.36. The Morgan fingerprint density at radius 1 is 0.967 bits per heavy atom. The van der Waals surface area contributed by atoms with Crippen molar-refractivity contribution in [1.82, 2.24) is 9.62 Å². The van der Waals surface area contributed by atoms with Crippen LogP contribution < -0.4 is 10.0 Å². The fourth-order valence-corrected chi connectivity index (χ4v) is 5.86. The summed E-state index contributed by atoms with van der Waals surface area (Å²) in [6, 6.07) is 2.35. The van der Waals surface area contributed by atoms with Gasteiger partial charge in [-0.2, -0.15) is 0 Å². The zero-order valence-corrected chi connectivity index (χ0v) is 19.9. The number of hydrogen-bond acceptors (Lipinski definition) is 4. The third kappa shape index (κ3) is 4.99. The molecule has 0 saturated carbocycles. The lowest BCUT2D eigenvalue weighted by Crippen LogP contribution is -2.43. The van der Waals surface area contributed by atoms with Crippen molar-refractivity contribution in [3.05, 3.63) is 28.3 Å². The van der Waals surface area contributed by atoms with Crippen molar-refractivity contribution in [1.29, 1.82) is 0 Å². The number of fused-ring (bicyclic) bond motifs is 2. The Labute approximate surface area is 181 Å². The number of aryl methyl sites for hydroxylation is 2. The Morgan fingerprint density at radius 2 is 1.50 bits per heavy atom. The smallest absolute Gasteiger partial charge is 0.307 e. The summed E-state index contributed by atoms with van der Waals surface area (Å²) >= 11 is 0. The van der Waals surface area contributed by atoms with Gasteiger partial charge in [-0.15, -0.1) is 0 Å². The van der Waals surface area contributed by atoms with Crippen LogP contribution in [0.3, 0.4) is 0 Å². The molecule has 0 heterocycles. The summed E-state index contributed by atoms with van der Waals surface area (Å²) in [7, 11) is -3.74. The highest BCUT2D eigenvalue weighted by atomic mass is 32.2. The molecule has 2 N–H and O–H groups in total. The molecule has 2 aliphatic carbocycles. The van der Waals surface area contributed by atoms with Gasteiger partial charge in [0.25, 0.3) is 0 Å². The zero-order valence-electron chi connectivity index (χ0n) is 19.0. The van der Waals surface area contributed by atoms with Gasteiger partial charge in [0.15, 0.2) is 0 Å². The molecule has 1 atom stereocenters. The van der Waals surface area contributed by atoms with Crippen molar-refractivity contribution in [2.45, 2.75) is 96.9 Å². The highest BCUT2D eigenvalue weighted by Gasteiger charge is 2.28. The summed E-state index contributed by atoms with van der Waals surface area (Å²) in [5.74, 6) is 0. The topological polar surface area (TPSA) is 78.5 Å². The van der Waals surface area contributed by atoms with E-state index in [-0.39, 0.29) is 0 Å². The van der Waals surface area contributed by atoms with Gasteiger partial charge in [0, 0.05) is 17.8 Å². The Balaban J connectivity index is 1.66. The van der Waals surface area contributed by atoms with Crippen LogP contribution in [0.5, 0.6) is 0 Å². The summed E-state index contributed by atoms with van der Waals surface area (Å²) in [4.78, 5) is 14.9. The Hall–Kier alpha value is -1.60. The molecule has 2 aliphatic rings. The lowest BCUT2D eigenvalue weighted by molar-refractivity contribution is 0.173. The molecule has 30 heavy (non-hydrogen) atoms. The number of amides is 2. The van der Waals surface area contributed by atoms with Gasteiger partial charge >= 0.3 is 6.03 Å². The lowest BCUT2D eigenvalue weighted by Gasteiger charge is -2.31. The molecule has 1 unspecified atom stereocenters. The van der Waals surface area contributed by atoms with Crippen LogP contribution in [-0.4, -0.2) is 43.2 Å². The summed E-state index contributed by atoms with van der Waals surface area (Å²) < 4.78 is 27.8. The van der Waals surface area contributed by atoms with Crippen LogP contribution in [0.25, 0.3) is 0 Å². The molecule has 0 saturated heterocycles.